The molecule has 2 heterocycles. The number of aromatic nitrogens is 2. The van der Waals surface area contributed by atoms with E-state index < -0.39 is 11.9 Å². The van der Waals surface area contributed by atoms with Gasteiger partial charge in [-0.25, -0.2) is 9.78 Å². The summed E-state index contributed by atoms with van der Waals surface area (Å²) in [6.07, 6.45) is 8.45. The summed E-state index contributed by atoms with van der Waals surface area (Å²) in [5, 5.41) is 2.88. The summed E-state index contributed by atoms with van der Waals surface area (Å²) in [6.45, 7) is 5.53. The molecule has 1 fully saturated rings. The van der Waals surface area contributed by atoms with Crippen LogP contribution in [0, 0.1) is 5.92 Å². The summed E-state index contributed by atoms with van der Waals surface area (Å²) in [5.41, 5.74) is 8.24. The smallest absolute Gasteiger partial charge is 0.325 e. The van der Waals surface area contributed by atoms with E-state index >= 15 is 0 Å². The van der Waals surface area contributed by atoms with Gasteiger partial charge < -0.3 is 16.0 Å². The number of urea groups is 1. The molecule has 0 unspecified atom stereocenters. The van der Waals surface area contributed by atoms with Gasteiger partial charge in [0, 0.05) is 43.2 Å². The number of primary amides is 1. The number of rotatable bonds is 10. The highest BCUT2D eigenvalue weighted by molar-refractivity contribution is 5.91. The molecular weight excluding hydrogens is 504 g/mol. The minimum absolute atomic E-state index is 0.0226. The molecule has 1 aromatic carbocycles. The normalized spacial score (nSPS) is 17.4. The number of carbonyl (C=O) groups excluding carboxylic acids is 3. The summed E-state index contributed by atoms with van der Waals surface area (Å²) in [6, 6.07) is 16.1. The quantitative estimate of drug-likeness (QED) is 0.389. The van der Waals surface area contributed by atoms with Crippen molar-refractivity contribution in [3.63, 3.8) is 0 Å². The number of anilines is 1. The molecule has 9 heteroatoms. The van der Waals surface area contributed by atoms with Gasteiger partial charge in [-0.05, 0) is 61.9 Å². The van der Waals surface area contributed by atoms with Crippen molar-refractivity contribution in [2.45, 2.75) is 58.0 Å². The third kappa shape index (κ3) is 6.83. The second-order valence-corrected chi connectivity index (χ2v) is 10.1. The first-order chi connectivity index (χ1) is 19.4. The maximum absolute atomic E-state index is 13.4. The van der Waals surface area contributed by atoms with Gasteiger partial charge in [-0.3, -0.25) is 19.5 Å². The number of nitrogens with two attached hydrogens (primary N) is 1. The van der Waals surface area contributed by atoms with Crippen molar-refractivity contribution in [3.8, 4) is 0 Å². The van der Waals surface area contributed by atoms with Gasteiger partial charge in [0.2, 0.25) is 11.8 Å². The third-order valence-electron chi connectivity index (χ3n) is 7.63. The molecule has 40 heavy (non-hydrogen) atoms. The fourth-order valence-corrected chi connectivity index (χ4v) is 5.44. The lowest BCUT2D eigenvalue weighted by Gasteiger charge is -2.32. The lowest BCUT2D eigenvalue weighted by Crippen LogP contribution is -2.43. The zero-order chi connectivity index (χ0) is 28.5. The molecule has 3 atom stereocenters. The Morgan fingerprint density at radius 2 is 1.73 bits per heavy atom. The van der Waals surface area contributed by atoms with Gasteiger partial charge in [0.25, 0.3) is 0 Å². The highest BCUT2D eigenvalue weighted by atomic mass is 16.2. The maximum Gasteiger partial charge on any atom is 0.325 e. The van der Waals surface area contributed by atoms with Crippen LogP contribution in [0.1, 0.15) is 68.2 Å². The number of hydrogen-bond acceptors (Lipinski definition) is 5. The average Bonchev–Trinajstić information content (AvgIpc) is 3.00. The highest BCUT2D eigenvalue weighted by Crippen LogP contribution is 2.38. The number of nitrogens with one attached hydrogen (secondary N) is 1. The Balaban J connectivity index is 1.51. The van der Waals surface area contributed by atoms with E-state index in [1.165, 1.54) is 0 Å². The van der Waals surface area contributed by atoms with Crippen LogP contribution in [-0.2, 0) is 16.1 Å². The van der Waals surface area contributed by atoms with Crippen molar-refractivity contribution in [2.75, 3.05) is 18.0 Å². The summed E-state index contributed by atoms with van der Waals surface area (Å²) >= 11 is 0. The van der Waals surface area contributed by atoms with Crippen molar-refractivity contribution >= 4 is 23.7 Å². The molecule has 1 saturated carbocycles. The summed E-state index contributed by atoms with van der Waals surface area (Å²) in [7, 11) is 0. The lowest BCUT2D eigenvalue weighted by molar-refractivity contribution is -0.131. The Morgan fingerprint density at radius 1 is 0.975 bits per heavy atom. The largest absolute Gasteiger partial charge is 0.368 e. The van der Waals surface area contributed by atoms with Crippen LogP contribution in [0.4, 0.5) is 10.6 Å². The molecule has 4 amide bonds. The van der Waals surface area contributed by atoms with E-state index in [2.05, 4.69) is 27.4 Å². The fourth-order valence-electron chi connectivity index (χ4n) is 5.44. The molecule has 1 aliphatic carbocycles. The molecule has 9 nitrogen and oxygen atoms in total. The van der Waals surface area contributed by atoms with Gasteiger partial charge in [0.1, 0.15) is 11.9 Å². The number of benzene rings is 1. The SMILES string of the molecule is CCN(CC)C(=O)N(Cc1ccc([C@@H]2CCCC[C@H]2C(=O)N[C@H](C(N)=O)c2cccnc2)cc1)c1ccccn1. The minimum Gasteiger partial charge on any atom is -0.368 e. The van der Waals surface area contributed by atoms with E-state index in [0.29, 0.717) is 31.0 Å². The van der Waals surface area contributed by atoms with Gasteiger partial charge in [-0.2, -0.15) is 0 Å². The molecule has 3 N–H and O–H groups in total. The van der Waals surface area contributed by atoms with E-state index in [4.69, 9.17) is 5.73 Å². The molecule has 4 rings (SSSR count). The number of carbonyl (C=O) groups is 3. The first-order valence-corrected chi connectivity index (χ1v) is 14.0. The van der Waals surface area contributed by atoms with Crippen LogP contribution in [0.25, 0.3) is 0 Å². The first kappa shape index (κ1) is 28.7. The molecule has 0 saturated heterocycles. The topological polar surface area (TPSA) is 122 Å². The van der Waals surface area contributed by atoms with Crippen LogP contribution in [0.5, 0.6) is 0 Å². The second-order valence-electron chi connectivity index (χ2n) is 10.1. The zero-order valence-electron chi connectivity index (χ0n) is 23.2. The molecule has 0 aliphatic heterocycles. The van der Waals surface area contributed by atoms with Gasteiger partial charge in [-0.1, -0.05) is 49.2 Å². The predicted octanol–water partition coefficient (Wildman–Crippen LogP) is 4.56. The summed E-state index contributed by atoms with van der Waals surface area (Å²) < 4.78 is 0. The third-order valence-corrected chi connectivity index (χ3v) is 7.63. The van der Waals surface area contributed by atoms with Crippen LogP contribution in [0.3, 0.4) is 0 Å². The molecule has 0 spiro atoms. The van der Waals surface area contributed by atoms with Crippen LogP contribution < -0.4 is 16.0 Å². The van der Waals surface area contributed by atoms with Crippen molar-refractivity contribution < 1.29 is 14.4 Å². The van der Waals surface area contributed by atoms with Gasteiger partial charge in [0.15, 0.2) is 0 Å². The lowest BCUT2D eigenvalue weighted by atomic mass is 9.74. The van der Waals surface area contributed by atoms with Gasteiger partial charge in [-0.15, -0.1) is 0 Å². The Bertz CT molecular complexity index is 1270. The zero-order valence-corrected chi connectivity index (χ0v) is 23.2. The predicted molar refractivity (Wildman–Crippen MR) is 154 cm³/mol. The van der Waals surface area contributed by atoms with E-state index in [-0.39, 0.29) is 23.8 Å². The minimum atomic E-state index is -0.924. The van der Waals surface area contributed by atoms with E-state index in [9.17, 15) is 14.4 Å². The number of amides is 4. The standard InChI is InChI=1S/C31H38N6O3/c1-3-36(4-2)31(40)37(27-13-7-8-19-34-27)21-22-14-16-23(17-15-22)25-11-5-6-12-26(25)30(39)35-28(29(32)38)24-10-9-18-33-20-24/h7-10,13-20,25-26,28H,3-6,11-12,21H2,1-2H3,(H2,32,38)(H,35,39)/t25-,26+,28-/m0/s1. The van der Waals surface area contributed by atoms with Crippen LogP contribution in [-0.4, -0.2) is 45.8 Å². The molecule has 0 radical (unpaired) electrons. The maximum atomic E-state index is 13.4. The van der Waals surface area contributed by atoms with Crippen LogP contribution >= 0.6 is 0 Å². The fraction of sp³-hybridized carbons (Fsp3) is 0.387. The Labute approximate surface area is 235 Å². The molecule has 2 aromatic heterocycles. The molecule has 1 aliphatic rings. The van der Waals surface area contributed by atoms with Gasteiger partial charge in [0.05, 0.1) is 6.54 Å². The number of nitrogens with zero attached hydrogens (tertiary/aromatic N) is 4. The summed E-state index contributed by atoms with van der Waals surface area (Å²) in [5.74, 6) is -0.436. The molecule has 0 bridgehead atoms. The summed E-state index contributed by atoms with van der Waals surface area (Å²) in [4.78, 5) is 50.9. The van der Waals surface area contributed by atoms with E-state index in [1.807, 2.05) is 44.2 Å². The monoisotopic (exact) mass is 542 g/mol. The Hall–Kier alpha value is -4.27. The first-order valence-electron chi connectivity index (χ1n) is 14.0. The van der Waals surface area contributed by atoms with Crippen LogP contribution in [0.2, 0.25) is 0 Å². The second kappa shape index (κ2) is 13.7. The van der Waals surface area contributed by atoms with Crippen molar-refractivity contribution in [1.82, 2.24) is 20.2 Å². The molecule has 3 aromatic rings. The van der Waals surface area contributed by atoms with Crippen molar-refractivity contribution in [3.05, 3.63) is 89.9 Å². The Kier molecular flexibility index (Phi) is 9.83. The number of pyridine rings is 2. The van der Waals surface area contributed by atoms with Crippen molar-refractivity contribution in [2.24, 2.45) is 11.7 Å². The van der Waals surface area contributed by atoms with Crippen LogP contribution in [0.15, 0.2) is 73.2 Å². The molecular formula is C31H38N6O3. The van der Waals surface area contributed by atoms with Gasteiger partial charge >= 0.3 is 6.03 Å². The van der Waals surface area contributed by atoms with E-state index in [1.54, 1.807) is 40.5 Å². The van der Waals surface area contributed by atoms with E-state index in [0.717, 1.165) is 36.8 Å². The van der Waals surface area contributed by atoms with Crippen molar-refractivity contribution in [1.29, 1.82) is 0 Å². The Morgan fingerprint density at radius 3 is 2.35 bits per heavy atom. The highest BCUT2D eigenvalue weighted by Gasteiger charge is 2.34. The number of hydrogen-bond donors (Lipinski definition) is 2. The average molecular weight is 543 g/mol. The molecule has 210 valence electrons.